The van der Waals surface area contributed by atoms with Gasteiger partial charge in [0.1, 0.15) is 4.83 Å². The van der Waals surface area contributed by atoms with Gasteiger partial charge in [-0.25, -0.2) is 9.78 Å². The van der Waals surface area contributed by atoms with Crippen molar-refractivity contribution in [3.8, 4) is 0 Å². The van der Waals surface area contributed by atoms with Gasteiger partial charge in [-0.05, 0) is 31.7 Å². The maximum atomic E-state index is 12.6. The molecule has 0 fully saturated rings. The van der Waals surface area contributed by atoms with Crippen LogP contribution in [-0.4, -0.2) is 34.3 Å². The van der Waals surface area contributed by atoms with Crippen LogP contribution in [0.1, 0.15) is 37.6 Å². The molecule has 2 amide bonds. The van der Waals surface area contributed by atoms with E-state index in [9.17, 15) is 14.4 Å². The lowest BCUT2D eigenvalue weighted by atomic mass is 9.98. The number of ether oxygens (including phenoxy) is 1. The summed E-state index contributed by atoms with van der Waals surface area (Å²) in [6.45, 7) is 7.92. The van der Waals surface area contributed by atoms with E-state index in [0.29, 0.717) is 21.3 Å². The average molecular weight is 398 g/mol. The van der Waals surface area contributed by atoms with E-state index >= 15 is 0 Å². The molecule has 0 aromatic carbocycles. The number of aromatic nitrogens is 2. The first-order chi connectivity index (χ1) is 12.3. The molecule has 0 saturated heterocycles. The van der Waals surface area contributed by atoms with Gasteiger partial charge in [-0.1, -0.05) is 32.0 Å². The normalized spacial score (nSPS) is 13.4. The SMILES string of the molecule is CC[C@H](C)Cc1c(C)sc2nc(S[C@H](C)C(=O)NC(=O)OC)[nH]c(=O)c12. The van der Waals surface area contributed by atoms with Gasteiger partial charge in [-0.15, -0.1) is 11.3 Å². The summed E-state index contributed by atoms with van der Waals surface area (Å²) >= 11 is 2.58. The molecule has 2 N–H and O–H groups in total. The topological polar surface area (TPSA) is 101 Å². The lowest BCUT2D eigenvalue weighted by Gasteiger charge is -2.10. The summed E-state index contributed by atoms with van der Waals surface area (Å²) in [6.07, 6.45) is 1.07. The molecule has 0 saturated carbocycles. The van der Waals surface area contributed by atoms with E-state index in [-0.39, 0.29) is 5.56 Å². The number of hydrogen-bond donors (Lipinski definition) is 2. The first-order valence-electron chi connectivity index (χ1n) is 8.34. The van der Waals surface area contributed by atoms with Crippen LogP contribution in [0.5, 0.6) is 0 Å². The van der Waals surface area contributed by atoms with Crippen molar-refractivity contribution >= 4 is 45.3 Å². The number of carbonyl (C=O) groups is 2. The third-order valence-corrected chi connectivity index (χ3v) is 6.18. The van der Waals surface area contributed by atoms with E-state index in [0.717, 1.165) is 35.0 Å². The van der Waals surface area contributed by atoms with Crippen molar-refractivity contribution in [2.75, 3.05) is 7.11 Å². The zero-order valence-electron chi connectivity index (χ0n) is 15.5. The number of aromatic amines is 1. The molecule has 7 nitrogen and oxygen atoms in total. The molecule has 0 aliphatic heterocycles. The highest BCUT2D eigenvalue weighted by Gasteiger charge is 2.21. The summed E-state index contributed by atoms with van der Waals surface area (Å²) in [6, 6.07) is 0. The number of amides is 2. The number of fused-ring (bicyclic) bond motifs is 1. The van der Waals surface area contributed by atoms with Gasteiger partial charge in [0.05, 0.1) is 17.7 Å². The van der Waals surface area contributed by atoms with Gasteiger partial charge in [-0.3, -0.25) is 14.9 Å². The second kappa shape index (κ2) is 8.68. The van der Waals surface area contributed by atoms with Gasteiger partial charge < -0.3 is 9.72 Å². The Hall–Kier alpha value is -1.87. The first-order valence-corrected chi connectivity index (χ1v) is 10.0. The molecule has 2 aromatic heterocycles. The number of thiophene rings is 1. The highest BCUT2D eigenvalue weighted by atomic mass is 32.2. The quantitative estimate of drug-likeness (QED) is 0.573. The average Bonchev–Trinajstić information content (AvgIpc) is 2.90. The molecule has 26 heavy (non-hydrogen) atoms. The van der Waals surface area contributed by atoms with Gasteiger partial charge in [0.2, 0.25) is 5.91 Å². The molecule has 0 aliphatic carbocycles. The summed E-state index contributed by atoms with van der Waals surface area (Å²) in [5.74, 6) is -0.0218. The third-order valence-electron chi connectivity index (χ3n) is 4.16. The van der Waals surface area contributed by atoms with E-state index in [1.165, 1.54) is 18.4 Å². The van der Waals surface area contributed by atoms with E-state index in [1.807, 2.05) is 6.92 Å². The molecule has 142 valence electrons. The van der Waals surface area contributed by atoms with E-state index < -0.39 is 17.3 Å². The van der Waals surface area contributed by atoms with Crippen molar-refractivity contribution < 1.29 is 14.3 Å². The fourth-order valence-electron chi connectivity index (χ4n) is 2.42. The number of carbonyl (C=O) groups excluding carboxylic acids is 2. The highest BCUT2D eigenvalue weighted by molar-refractivity contribution is 8.00. The van der Waals surface area contributed by atoms with Gasteiger partial charge in [0.15, 0.2) is 5.16 Å². The zero-order valence-corrected chi connectivity index (χ0v) is 17.1. The zero-order chi connectivity index (χ0) is 19.4. The number of thioether (sulfide) groups is 1. The van der Waals surface area contributed by atoms with Crippen LogP contribution in [-0.2, 0) is 16.0 Å². The third kappa shape index (κ3) is 4.64. The van der Waals surface area contributed by atoms with Crippen LogP contribution in [0, 0.1) is 12.8 Å². The maximum Gasteiger partial charge on any atom is 0.413 e. The number of hydrogen-bond acceptors (Lipinski definition) is 7. The van der Waals surface area contributed by atoms with E-state index in [1.54, 1.807) is 6.92 Å². The minimum Gasteiger partial charge on any atom is -0.453 e. The summed E-state index contributed by atoms with van der Waals surface area (Å²) in [5.41, 5.74) is 0.863. The highest BCUT2D eigenvalue weighted by Crippen LogP contribution is 2.31. The van der Waals surface area contributed by atoms with Crippen molar-refractivity contribution in [1.82, 2.24) is 15.3 Å². The van der Waals surface area contributed by atoms with Crippen molar-refractivity contribution in [3.05, 3.63) is 20.8 Å². The van der Waals surface area contributed by atoms with E-state index in [4.69, 9.17) is 0 Å². The Bertz CT molecular complexity index is 875. The summed E-state index contributed by atoms with van der Waals surface area (Å²) < 4.78 is 4.40. The summed E-state index contributed by atoms with van der Waals surface area (Å²) in [7, 11) is 1.18. The molecule has 2 aromatic rings. The standard InChI is InChI=1S/C17H23N3O4S2/c1-6-8(2)7-11-9(3)25-15-12(11)14(22)18-16(20-15)26-10(4)13(21)19-17(23)24-5/h8,10H,6-7H2,1-5H3,(H,18,20,22)(H,19,21,23)/t8-,10+/m0/s1. The van der Waals surface area contributed by atoms with Crippen LogP contribution in [0.2, 0.25) is 0 Å². The first kappa shape index (κ1) is 20.4. The van der Waals surface area contributed by atoms with Gasteiger partial charge in [0.25, 0.3) is 5.56 Å². The molecular weight excluding hydrogens is 374 g/mol. The second-order valence-corrected chi connectivity index (χ2v) is 8.68. The predicted octanol–water partition coefficient (Wildman–Crippen LogP) is 3.24. The minimum absolute atomic E-state index is 0.194. The molecule has 0 aliphatic rings. The van der Waals surface area contributed by atoms with Crippen molar-refractivity contribution in [1.29, 1.82) is 0 Å². The fraction of sp³-hybridized carbons (Fsp3) is 0.529. The van der Waals surface area contributed by atoms with Gasteiger partial charge in [-0.2, -0.15) is 0 Å². The van der Waals surface area contributed by atoms with Crippen LogP contribution in [0.4, 0.5) is 4.79 Å². The Kier molecular flexibility index (Phi) is 6.82. The van der Waals surface area contributed by atoms with Gasteiger partial charge >= 0.3 is 6.09 Å². The lowest BCUT2D eigenvalue weighted by molar-refractivity contribution is -0.119. The van der Waals surface area contributed by atoms with Crippen molar-refractivity contribution in [2.45, 2.75) is 50.9 Å². The molecule has 2 atom stereocenters. The summed E-state index contributed by atoms with van der Waals surface area (Å²) in [5, 5.41) is 2.48. The monoisotopic (exact) mass is 397 g/mol. The Labute approximate surface area is 159 Å². The number of aryl methyl sites for hydroxylation is 1. The van der Waals surface area contributed by atoms with Crippen LogP contribution >= 0.6 is 23.1 Å². The van der Waals surface area contributed by atoms with Crippen LogP contribution in [0.25, 0.3) is 10.2 Å². The summed E-state index contributed by atoms with van der Waals surface area (Å²) in [4.78, 5) is 44.7. The number of imide groups is 1. The smallest absolute Gasteiger partial charge is 0.413 e. The number of rotatable bonds is 6. The van der Waals surface area contributed by atoms with Crippen molar-refractivity contribution in [2.24, 2.45) is 5.92 Å². The van der Waals surface area contributed by atoms with Gasteiger partial charge in [0, 0.05) is 4.88 Å². The number of nitrogens with zero attached hydrogens (tertiary/aromatic N) is 1. The number of nitrogens with one attached hydrogen (secondary N) is 2. The molecule has 0 radical (unpaired) electrons. The Morgan fingerprint density at radius 3 is 2.69 bits per heavy atom. The fourth-order valence-corrected chi connectivity index (χ4v) is 4.33. The Morgan fingerprint density at radius 2 is 2.08 bits per heavy atom. The van der Waals surface area contributed by atoms with Crippen molar-refractivity contribution in [3.63, 3.8) is 0 Å². The molecule has 2 heterocycles. The largest absolute Gasteiger partial charge is 0.453 e. The number of methoxy groups -OCH3 is 1. The molecule has 0 spiro atoms. The second-order valence-electron chi connectivity index (χ2n) is 6.15. The minimum atomic E-state index is -0.817. The Balaban J connectivity index is 2.27. The van der Waals surface area contributed by atoms with Crippen LogP contribution in [0.15, 0.2) is 9.95 Å². The molecule has 0 unspecified atom stereocenters. The molecule has 0 bridgehead atoms. The van der Waals surface area contributed by atoms with Crippen LogP contribution < -0.4 is 10.9 Å². The van der Waals surface area contributed by atoms with Crippen LogP contribution in [0.3, 0.4) is 0 Å². The number of alkyl carbamates (subject to hydrolysis) is 1. The Morgan fingerprint density at radius 1 is 1.38 bits per heavy atom. The maximum absolute atomic E-state index is 12.6. The molecular formula is C17H23N3O4S2. The molecule has 2 rings (SSSR count). The molecule has 9 heteroatoms. The lowest BCUT2D eigenvalue weighted by Crippen LogP contribution is -2.36. The number of H-pyrrole nitrogens is 1. The van der Waals surface area contributed by atoms with E-state index in [2.05, 4.69) is 33.9 Å². The predicted molar refractivity (Wildman–Crippen MR) is 104 cm³/mol.